The van der Waals surface area contributed by atoms with Crippen molar-refractivity contribution in [1.82, 2.24) is 4.90 Å². The second-order valence-electron chi connectivity index (χ2n) is 6.46. The van der Waals surface area contributed by atoms with Gasteiger partial charge in [-0.05, 0) is 42.3 Å². The van der Waals surface area contributed by atoms with Crippen LogP contribution in [0, 0.1) is 5.82 Å². The standard InChI is InChI=1S/C21H24FNO3/c1-25-20-5-3-2-4-16(20)6-11-21(24)23-14-12-19(13-15-23)26-18-9-7-17(22)8-10-18/h2-5,7-10,19H,6,11-15H2,1H3. The molecule has 0 atom stereocenters. The van der Waals surface area contributed by atoms with E-state index in [0.717, 1.165) is 24.2 Å². The van der Waals surface area contributed by atoms with Gasteiger partial charge in [-0.3, -0.25) is 4.79 Å². The van der Waals surface area contributed by atoms with Gasteiger partial charge in [-0.25, -0.2) is 4.39 Å². The lowest BCUT2D eigenvalue weighted by molar-refractivity contribution is -0.132. The summed E-state index contributed by atoms with van der Waals surface area (Å²) in [7, 11) is 1.65. The third kappa shape index (κ3) is 4.75. The Kier molecular flexibility index (Phi) is 6.10. The Balaban J connectivity index is 1.45. The van der Waals surface area contributed by atoms with Gasteiger partial charge in [-0.1, -0.05) is 18.2 Å². The zero-order valence-corrected chi connectivity index (χ0v) is 15.0. The highest BCUT2D eigenvalue weighted by Crippen LogP contribution is 2.22. The van der Waals surface area contributed by atoms with Crippen molar-refractivity contribution in [3.63, 3.8) is 0 Å². The number of para-hydroxylation sites is 1. The van der Waals surface area contributed by atoms with E-state index in [1.807, 2.05) is 29.2 Å². The van der Waals surface area contributed by atoms with E-state index in [4.69, 9.17) is 9.47 Å². The summed E-state index contributed by atoms with van der Waals surface area (Å²) in [5.74, 6) is 1.39. The number of ether oxygens (including phenoxy) is 2. The Hall–Kier alpha value is -2.56. The molecule has 4 nitrogen and oxygen atoms in total. The van der Waals surface area contributed by atoms with E-state index in [2.05, 4.69) is 0 Å². The number of carbonyl (C=O) groups excluding carboxylic acids is 1. The topological polar surface area (TPSA) is 38.8 Å². The third-order valence-corrected chi connectivity index (χ3v) is 4.71. The van der Waals surface area contributed by atoms with Crippen molar-refractivity contribution in [2.24, 2.45) is 0 Å². The second-order valence-corrected chi connectivity index (χ2v) is 6.46. The van der Waals surface area contributed by atoms with Crippen LogP contribution in [-0.2, 0) is 11.2 Å². The number of methoxy groups -OCH3 is 1. The average molecular weight is 357 g/mol. The van der Waals surface area contributed by atoms with Gasteiger partial charge in [0.2, 0.25) is 5.91 Å². The minimum absolute atomic E-state index is 0.0683. The molecular weight excluding hydrogens is 333 g/mol. The monoisotopic (exact) mass is 357 g/mol. The lowest BCUT2D eigenvalue weighted by Gasteiger charge is -2.32. The first-order chi connectivity index (χ1) is 12.7. The van der Waals surface area contributed by atoms with Gasteiger partial charge < -0.3 is 14.4 Å². The van der Waals surface area contributed by atoms with Crippen molar-refractivity contribution in [1.29, 1.82) is 0 Å². The largest absolute Gasteiger partial charge is 0.496 e. The quantitative estimate of drug-likeness (QED) is 0.789. The first-order valence-corrected chi connectivity index (χ1v) is 8.97. The first kappa shape index (κ1) is 18.2. The van der Waals surface area contributed by atoms with Crippen molar-refractivity contribution < 1.29 is 18.7 Å². The number of aryl methyl sites for hydroxylation is 1. The van der Waals surface area contributed by atoms with Gasteiger partial charge >= 0.3 is 0 Å². The van der Waals surface area contributed by atoms with Crippen molar-refractivity contribution >= 4 is 5.91 Å². The van der Waals surface area contributed by atoms with E-state index in [1.54, 1.807) is 19.2 Å². The fraction of sp³-hybridized carbons (Fsp3) is 0.381. The van der Waals surface area contributed by atoms with Crippen molar-refractivity contribution in [2.75, 3.05) is 20.2 Å². The molecule has 0 bridgehead atoms. The summed E-state index contributed by atoms with van der Waals surface area (Å²) in [6.07, 6.45) is 2.80. The molecule has 0 N–H and O–H groups in total. The van der Waals surface area contributed by atoms with E-state index in [0.29, 0.717) is 31.7 Å². The molecule has 0 spiro atoms. The van der Waals surface area contributed by atoms with Crippen molar-refractivity contribution in [3.8, 4) is 11.5 Å². The Morgan fingerprint density at radius 3 is 2.50 bits per heavy atom. The Labute approximate surface area is 153 Å². The Morgan fingerprint density at radius 1 is 1.12 bits per heavy atom. The maximum absolute atomic E-state index is 12.9. The van der Waals surface area contributed by atoms with E-state index in [1.165, 1.54) is 12.1 Å². The predicted molar refractivity (Wildman–Crippen MR) is 97.9 cm³/mol. The molecule has 1 aliphatic heterocycles. The van der Waals surface area contributed by atoms with Gasteiger partial charge in [0.05, 0.1) is 7.11 Å². The van der Waals surface area contributed by atoms with Gasteiger partial charge in [-0.2, -0.15) is 0 Å². The molecule has 1 aliphatic rings. The van der Waals surface area contributed by atoms with Crippen LogP contribution in [0.1, 0.15) is 24.8 Å². The van der Waals surface area contributed by atoms with Crippen molar-refractivity contribution in [3.05, 3.63) is 59.9 Å². The van der Waals surface area contributed by atoms with Gasteiger partial charge in [-0.15, -0.1) is 0 Å². The van der Waals surface area contributed by atoms with Gasteiger partial charge in [0, 0.05) is 32.4 Å². The zero-order valence-electron chi connectivity index (χ0n) is 15.0. The lowest BCUT2D eigenvalue weighted by Crippen LogP contribution is -2.41. The number of nitrogens with zero attached hydrogens (tertiary/aromatic N) is 1. The van der Waals surface area contributed by atoms with Crippen LogP contribution >= 0.6 is 0 Å². The molecule has 0 aromatic heterocycles. The average Bonchev–Trinajstić information content (AvgIpc) is 2.68. The molecule has 3 rings (SSSR count). The summed E-state index contributed by atoms with van der Waals surface area (Å²) in [5, 5.41) is 0. The Bertz CT molecular complexity index is 724. The van der Waals surface area contributed by atoms with Gasteiger partial charge in [0.1, 0.15) is 23.4 Å². The summed E-state index contributed by atoms with van der Waals surface area (Å²) in [4.78, 5) is 14.4. The maximum atomic E-state index is 12.9. The fourth-order valence-electron chi connectivity index (χ4n) is 3.24. The summed E-state index contributed by atoms with van der Waals surface area (Å²) >= 11 is 0. The van der Waals surface area contributed by atoms with E-state index in [9.17, 15) is 9.18 Å². The molecule has 5 heteroatoms. The lowest BCUT2D eigenvalue weighted by atomic mass is 10.0. The second kappa shape index (κ2) is 8.70. The molecule has 2 aromatic rings. The first-order valence-electron chi connectivity index (χ1n) is 8.97. The van der Waals surface area contributed by atoms with Gasteiger partial charge in [0.25, 0.3) is 0 Å². The third-order valence-electron chi connectivity index (χ3n) is 4.71. The van der Waals surface area contributed by atoms with E-state index < -0.39 is 0 Å². The SMILES string of the molecule is COc1ccccc1CCC(=O)N1CCC(Oc2ccc(F)cc2)CC1. The number of hydrogen-bond acceptors (Lipinski definition) is 3. The molecule has 0 radical (unpaired) electrons. The van der Waals surface area contributed by atoms with Crippen LogP contribution in [0.25, 0.3) is 0 Å². The van der Waals surface area contributed by atoms with Crippen LogP contribution in [0.4, 0.5) is 4.39 Å². The number of hydrogen-bond donors (Lipinski definition) is 0. The predicted octanol–water partition coefficient (Wildman–Crippen LogP) is 3.84. The number of piperidine rings is 1. The van der Waals surface area contributed by atoms with Crippen LogP contribution in [0.3, 0.4) is 0 Å². The zero-order chi connectivity index (χ0) is 18.4. The van der Waals surface area contributed by atoms with E-state index in [-0.39, 0.29) is 17.8 Å². The van der Waals surface area contributed by atoms with Crippen LogP contribution in [-0.4, -0.2) is 37.1 Å². The molecular formula is C21H24FNO3. The number of rotatable bonds is 6. The number of likely N-dealkylation sites (tertiary alicyclic amines) is 1. The highest BCUT2D eigenvalue weighted by atomic mass is 19.1. The molecule has 1 heterocycles. The molecule has 1 amide bonds. The number of benzene rings is 2. The molecule has 0 saturated carbocycles. The number of halogens is 1. The minimum Gasteiger partial charge on any atom is -0.496 e. The van der Waals surface area contributed by atoms with Crippen LogP contribution in [0.15, 0.2) is 48.5 Å². The molecule has 1 saturated heterocycles. The molecule has 0 aliphatic carbocycles. The van der Waals surface area contributed by atoms with Crippen LogP contribution in [0.5, 0.6) is 11.5 Å². The smallest absolute Gasteiger partial charge is 0.222 e. The summed E-state index contributed by atoms with van der Waals surface area (Å²) in [5.41, 5.74) is 1.05. The maximum Gasteiger partial charge on any atom is 0.222 e. The van der Waals surface area contributed by atoms with Gasteiger partial charge in [0.15, 0.2) is 0 Å². The minimum atomic E-state index is -0.271. The summed E-state index contributed by atoms with van der Waals surface area (Å²) in [6, 6.07) is 13.9. The Morgan fingerprint density at radius 2 is 1.81 bits per heavy atom. The fourth-order valence-corrected chi connectivity index (χ4v) is 3.24. The molecule has 138 valence electrons. The van der Waals surface area contributed by atoms with Crippen LogP contribution in [0.2, 0.25) is 0 Å². The summed E-state index contributed by atoms with van der Waals surface area (Å²) in [6.45, 7) is 1.38. The summed E-state index contributed by atoms with van der Waals surface area (Å²) < 4.78 is 24.2. The highest BCUT2D eigenvalue weighted by molar-refractivity contribution is 5.76. The normalized spacial score (nSPS) is 14.9. The van der Waals surface area contributed by atoms with E-state index >= 15 is 0 Å². The molecule has 0 unspecified atom stereocenters. The number of carbonyl (C=O) groups is 1. The number of amides is 1. The van der Waals surface area contributed by atoms with Crippen LogP contribution < -0.4 is 9.47 Å². The van der Waals surface area contributed by atoms with Crippen molar-refractivity contribution in [2.45, 2.75) is 31.8 Å². The molecule has 26 heavy (non-hydrogen) atoms. The molecule has 1 fully saturated rings. The highest BCUT2D eigenvalue weighted by Gasteiger charge is 2.23. The molecule has 2 aromatic carbocycles.